The minimum atomic E-state index is -0.156. The lowest BCUT2D eigenvalue weighted by Crippen LogP contribution is -2.47. The number of carbonyl (C=O) groups excluding carboxylic acids is 1. The van der Waals surface area contributed by atoms with E-state index in [0.29, 0.717) is 26.1 Å². The monoisotopic (exact) mass is 345 g/mol. The van der Waals surface area contributed by atoms with E-state index in [9.17, 15) is 9.59 Å². The van der Waals surface area contributed by atoms with E-state index in [2.05, 4.69) is 15.1 Å². The standard InChI is InChI=1S/C17H23N5O3/c1-12-7-13(2)22(20-12)10-17(24)21-5-6-25-15(9-21)4-3-14-8-16(23)19-11-18-14/h7-8,11,15H,3-6,9-10H2,1-2H3,(H,18,19,23). The summed E-state index contributed by atoms with van der Waals surface area (Å²) in [6, 6.07) is 3.46. The van der Waals surface area contributed by atoms with Gasteiger partial charge in [0.15, 0.2) is 0 Å². The Bertz CT molecular complexity index is 798. The Morgan fingerprint density at radius 3 is 2.96 bits per heavy atom. The smallest absolute Gasteiger partial charge is 0.250 e. The zero-order valence-corrected chi connectivity index (χ0v) is 14.6. The van der Waals surface area contributed by atoms with Gasteiger partial charge in [-0.2, -0.15) is 5.10 Å². The summed E-state index contributed by atoms with van der Waals surface area (Å²) in [5, 5.41) is 4.35. The van der Waals surface area contributed by atoms with Gasteiger partial charge in [-0.05, 0) is 32.8 Å². The first kappa shape index (κ1) is 17.3. The van der Waals surface area contributed by atoms with Crippen LogP contribution in [-0.4, -0.2) is 56.4 Å². The van der Waals surface area contributed by atoms with Crippen LogP contribution in [0.1, 0.15) is 23.5 Å². The Kier molecular flexibility index (Phi) is 5.28. The Morgan fingerprint density at radius 1 is 1.40 bits per heavy atom. The molecular formula is C17H23N5O3. The Balaban J connectivity index is 1.54. The molecule has 0 aromatic carbocycles. The van der Waals surface area contributed by atoms with E-state index < -0.39 is 0 Å². The van der Waals surface area contributed by atoms with Gasteiger partial charge in [-0.1, -0.05) is 0 Å². The van der Waals surface area contributed by atoms with Gasteiger partial charge >= 0.3 is 0 Å². The summed E-state index contributed by atoms with van der Waals surface area (Å²) in [6.07, 6.45) is 2.73. The van der Waals surface area contributed by atoms with Gasteiger partial charge in [0.25, 0.3) is 5.56 Å². The van der Waals surface area contributed by atoms with Crippen LogP contribution in [0.25, 0.3) is 0 Å². The lowest BCUT2D eigenvalue weighted by molar-refractivity contribution is -0.139. The molecule has 0 saturated carbocycles. The lowest BCUT2D eigenvalue weighted by Gasteiger charge is -2.33. The minimum absolute atomic E-state index is 0.0424. The first-order valence-electron chi connectivity index (χ1n) is 8.45. The molecule has 1 aliphatic heterocycles. The molecule has 134 valence electrons. The summed E-state index contributed by atoms with van der Waals surface area (Å²) < 4.78 is 7.50. The zero-order chi connectivity index (χ0) is 17.8. The summed E-state index contributed by atoms with van der Waals surface area (Å²) in [6.45, 7) is 5.79. The van der Waals surface area contributed by atoms with Gasteiger partial charge in [-0.25, -0.2) is 4.98 Å². The molecule has 1 unspecified atom stereocenters. The van der Waals surface area contributed by atoms with Crippen LogP contribution in [0, 0.1) is 13.8 Å². The van der Waals surface area contributed by atoms with Gasteiger partial charge in [-0.3, -0.25) is 14.3 Å². The number of H-pyrrole nitrogens is 1. The average Bonchev–Trinajstić information content (AvgIpc) is 2.90. The number of hydrogen-bond donors (Lipinski definition) is 1. The number of aryl methyl sites for hydroxylation is 3. The molecule has 0 bridgehead atoms. The number of rotatable bonds is 5. The van der Waals surface area contributed by atoms with Crippen molar-refractivity contribution in [3.05, 3.63) is 45.9 Å². The minimum Gasteiger partial charge on any atom is -0.375 e. The van der Waals surface area contributed by atoms with Crippen LogP contribution in [0.5, 0.6) is 0 Å². The maximum Gasteiger partial charge on any atom is 0.250 e. The molecule has 3 rings (SSSR count). The number of nitrogens with zero attached hydrogens (tertiary/aromatic N) is 4. The van der Waals surface area contributed by atoms with Crippen molar-refractivity contribution in [2.75, 3.05) is 19.7 Å². The fourth-order valence-corrected chi connectivity index (χ4v) is 3.04. The third-order valence-corrected chi connectivity index (χ3v) is 4.34. The Morgan fingerprint density at radius 2 is 2.24 bits per heavy atom. The van der Waals surface area contributed by atoms with Crippen molar-refractivity contribution in [2.45, 2.75) is 39.3 Å². The van der Waals surface area contributed by atoms with Gasteiger partial charge in [-0.15, -0.1) is 0 Å². The SMILES string of the molecule is Cc1cc(C)n(CC(=O)N2CCOC(CCc3cc(=O)[nH]cn3)C2)n1. The molecule has 1 fully saturated rings. The van der Waals surface area contributed by atoms with Crippen LogP contribution in [0.4, 0.5) is 0 Å². The summed E-state index contributed by atoms with van der Waals surface area (Å²) in [7, 11) is 0. The lowest BCUT2D eigenvalue weighted by atomic mass is 10.1. The van der Waals surface area contributed by atoms with Crippen LogP contribution < -0.4 is 5.56 Å². The van der Waals surface area contributed by atoms with Crippen molar-refractivity contribution in [2.24, 2.45) is 0 Å². The zero-order valence-electron chi connectivity index (χ0n) is 14.6. The fourth-order valence-electron chi connectivity index (χ4n) is 3.04. The number of amides is 1. The molecular weight excluding hydrogens is 322 g/mol. The van der Waals surface area contributed by atoms with Gasteiger partial charge in [0, 0.05) is 30.5 Å². The van der Waals surface area contributed by atoms with E-state index in [4.69, 9.17) is 4.74 Å². The molecule has 3 heterocycles. The van der Waals surface area contributed by atoms with Crippen molar-refractivity contribution in [3.8, 4) is 0 Å². The molecule has 0 aliphatic carbocycles. The number of aromatic amines is 1. The second kappa shape index (κ2) is 7.60. The van der Waals surface area contributed by atoms with Gasteiger partial charge < -0.3 is 14.6 Å². The fraction of sp³-hybridized carbons (Fsp3) is 0.529. The number of carbonyl (C=O) groups is 1. The van der Waals surface area contributed by atoms with Crippen LogP contribution in [0.2, 0.25) is 0 Å². The van der Waals surface area contributed by atoms with Crippen molar-refractivity contribution in [3.63, 3.8) is 0 Å². The highest BCUT2D eigenvalue weighted by molar-refractivity contribution is 5.76. The number of aromatic nitrogens is 4. The quantitative estimate of drug-likeness (QED) is 0.849. The molecule has 2 aromatic rings. The maximum atomic E-state index is 12.5. The van der Waals surface area contributed by atoms with E-state index in [1.54, 1.807) is 4.68 Å². The number of hydrogen-bond acceptors (Lipinski definition) is 5. The number of ether oxygens (including phenoxy) is 1. The highest BCUT2D eigenvalue weighted by Gasteiger charge is 2.24. The first-order valence-corrected chi connectivity index (χ1v) is 8.45. The van der Waals surface area contributed by atoms with Gasteiger partial charge in [0.1, 0.15) is 6.54 Å². The van der Waals surface area contributed by atoms with Crippen molar-refractivity contribution >= 4 is 5.91 Å². The average molecular weight is 345 g/mol. The Hall–Kier alpha value is -2.48. The molecule has 2 aromatic heterocycles. The molecule has 0 radical (unpaired) electrons. The van der Waals surface area contributed by atoms with Gasteiger partial charge in [0.05, 0.1) is 24.7 Å². The maximum absolute atomic E-state index is 12.5. The summed E-state index contributed by atoms with van der Waals surface area (Å²) in [5.74, 6) is 0.0498. The molecule has 0 spiro atoms. The highest BCUT2D eigenvalue weighted by Crippen LogP contribution is 2.12. The van der Waals surface area contributed by atoms with E-state index in [-0.39, 0.29) is 24.1 Å². The van der Waals surface area contributed by atoms with E-state index in [1.165, 1.54) is 12.4 Å². The molecule has 1 saturated heterocycles. The van der Waals surface area contributed by atoms with E-state index in [0.717, 1.165) is 23.5 Å². The summed E-state index contributed by atoms with van der Waals surface area (Å²) >= 11 is 0. The van der Waals surface area contributed by atoms with Crippen LogP contribution in [-0.2, 0) is 22.5 Å². The molecule has 1 N–H and O–H groups in total. The van der Waals surface area contributed by atoms with E-state index >= 15 is 0 Å². The second-order valence-electron chi connectivity index (χ2n) is 6.36. The largest absolute Gasteiger partial charge is 0.375 e. The van der Waals surface area contributed by atoms with Crippen LogP contribution >= 0.6 is 0 Å². The molecule has 1 atom stereocenters. The predicted molar refractivity (Wildman–Crippen MR) is 91.2 cm³/mol. The Labute approximate surface area is 145 Å². The van der Waals surface area contributed by atoms with Crippen LogP contribution in [0.15, 0.2) is 23.3 Å². The third-order valence-electron chi connectivity index (χ3n) is 4.34. The number of morpholine rings is 1. The van der Waals surface area contributed by atoms with Gasteiger partial charge in [0.2, 0.25) is 5.91 Å². The molecule has 8 nitrogen and oxygen atoms in total. The van der Waals surface area contributed by atoms with Crippen molar-refractivity contribution < 1.29 is 9.53 Å². The predicted octanol–water partition coefficient (Wildman–Crippen LogP) is 0.443. The normalized spacial score (nSPS) is 17.7. The van der Waals surface area contributed by atoms with Crippen LogP contribution in [0.3, 0.4) is 0 Å². The topological polar surface area (TPSA) is 93.1 Å². The third kappa shape index (κ3) is 4.54. The number of nitrogens with one attached hydrogen (secondary N) is 1. The first-order chi connectivity index (χ1) is 12.0. The van der Waals surface area contributed by atoms with E-state index in [1.807, 2.05) is 24.8 Å². The van der Waals surface area contributed by atoms with Crippen molar-refractivity contribution in [1.82, 2.24) is 24.6 Å². The molecule has 8 heteroatoms. The summed E-state index contributed by atoms with van der Waals surface area (Å²) in [4.78, 5) is 32.3. The summed E-state index contributed by atoms with van der Waals surface area (Å²) in [5.41, 5.74) is 2.47. The molecule has 25 heavy (non-hydrogen) atoms. The molecule has 1 amide bonds. The molecule has 1 aliphatic rings. The second-order valence-corrected chi connectivity index (χ2v) is 6.36. The van der Waals surface area contributed by atoms with Crippen molar-refractivity contribution in [1.29, 1.82) is 0 Å². The highest BCUT2D eigenvalue weighted by atomic mass is 16.5.